The Labute approximate surface area is 223 Å². The molecule has 2 saturated heterocycles. The molecule has 0 amide bonds. The molecule has 0 saturated carbocycles. The van der Waals surface area contributed by atoms with Crippen molar-refractivity contribution in [1.82, 2.24) is 4.42 Å². The van der Waals surface area contributed by atoms with E-state index in [2.05, 4.69) is 43.3 Å². The molecule has 4 unspecified atom stereocenters. The van der Waals surface area contributed by atoms with Crippen molar-refractivity contribution in [3.05, 3.63) is 71.8 Å². The van der Waals surface area contributed by atoms with Gasteiger partial charge >= 0.3 is 0 Å². The lowest BCUT2D eigenvalue weighted by molar-refractivity contribution is -0.330. The molecule has 4 rings (SSSR count). The van der Waals surface area contributed by atoms with Crippen molar-refractivity contribution in [2.75, 3.05) is 13.2 Å². The van der Waals surface area contributed by atoms with E-state index >= 15 is 0 Å². The highest BCUT2D eigenvalue weighted by atomic mass is 35.5. The first-order valence-electron chi connectivity index (χ1n) is 14.1. The highest BCUT2D eigenvalue weighted by Gasteiger charge is 2.53. The van der Waals surface area contributed by atoms with Crippen LogP contribution in [0.4, 0.5) is 0 Å². The fourth-order valence-corrected chi connectivity index (χ4v) is 6.00. The van der Waals surface area contributed by atoms with Crippen molar-refractivity contribution >= 4 is 11.8 Å². The van der Waals surface area contributed by atoms with Gasteiger partial charge in [-0.1, -0.05) is 125 Å². The first-order valence-corrected chi connectivity index (χ1v) is 14.5. The molecule has 5 heteroatoms. The van der Waals surface area contributed by atoms with Crippen LogP contribution in [0.3, 0.4) is 0 Å². The maximum absolute atomic E-state index is 6.98. The van der Waals surface area contributed by atoms with Crippen molar-refractivity contribution in [1.29, 1.82) is 0 Å². The Hall–Kier alpha value is -1.43. The number of benzene rings is 2. The first-order chi connectivity index (χ1) is 17.7. The molecule has 2 aromatic rings. The van der Waals surface area contributed by atoms with Gasteiger partial charge in [-0.3, -0.25) is 0 Å². The fraction of sp³-hybridized carbons (Fsp3) is 0.613. The van der Waals surface area contributed by atoms with E-state index in [1.807, 2.05) is 28.7 Å². The molecular weight excluding hydrogens is 470 g/mol. The van der Waals surface area contributed by atoms with Crippen molar-refractivity contribution < 1.29 is 14.2 Å². The molecule has 2 aliphatic heterocycles. The van der Waals surface area contributed by atoms with Gasteiger partial charge in [0.1, 0.15) is 11.7 Å². The zero-order valence-corrected chi connectivity index (χ0v) is 22.7. The second-order valence-electron chi connectivity index (χ2n) is 10.5. The van der Waals surface area contributed by atoms with E-state index in [0.29, 0.717) is 19.8 Å². The van der Waals surface area contributed by atoms with Crippen LogP contribution in [0.2, 0.25) is 0 Å². The number of hydrogen-bond acceptors (Lipinski definition) is 4. The standard InChI is InChI=1S/C31H44ClNO3/c1-2-3-4-5-6-7-8-9-16-22-31-25-34-30(27-19-14-11-15-20-27)36-29(31)28(21-23-35-31)33(32)24-26-17-12-10-13-18-26/h10-15,17-20,28-30H,2-9,16,21-25H2,1H3. The number of unbranched alkanes of at least 4 members (excludes halogenated alkanes) is 8. The van der Waals surface area contributed by atoms with Crippen LogP contribution >= 0.6 is 11.8 Å². The Kier molecular flexibility index (Phi) is 11.1. The van der Waals surface area contributed by atoms with Crippen molar-refractivity contribution in [3.63, 3.8) is 0 Å². The average molecular weight is 514 g/mol. The fourth-order valence-electron chi connectivity index (χ4n) is 5.66. The molecule has 36 heavy (non-hydrogen) atoms. The van der Waals surface area contributed by atoms with Crippen molar-refractivity contribution in [2.24, 2.45) is 0 Å². The predicted molar refractivity (Wildman–Crippen MR) is 147 cm³/mol. The topological polar surface area (TPSA) is 30.9 Å². The summed E-state index contributed by atoms with van der Waals surface area (Å²) in [5.41, 5.74) is 1.80. The Morgan fingerprint density at radius 3 is 2.19 bits per heavy atom. The van der Waals surface area contributed by atoms with Crippen LogP contribution in [0.1, 0.15) is 95.0 Å². The molecule has 2 fully saturated rings. The van der Waals surface area contributed by atoms with E-state index in [-0.39, 0.29) is 12.1 Å². The molecule has 2 aromatic carbocycles. The maximum atomic E-state index is 6.98. The van der Waals surface area contributed by atoms with E-state index < -0.39 is 11.9 Å². The summed E-state index contributed by atoms with van der Waals surface area (Å²) >= 11 is 6.98. The zero-order chi connectivity index (χ0) is 25.1. The van der Waals surface area contributed by atoms with Gasteiger partial charge in [0, 0.05) is 18.7 Å². The first kappa shape index (κ1) is 27.6. The lowest BCUT2D eigenvalue weighted by atomic mass is 9.82. The van der Waals surface area contributed by atoms with Gasteiger partial charge in [0.15, 0.2) is 6.29 Å². The molecule has 2 aliphatic rings. The summed E-state index contributed by atoms with van der Waals surface area (Å²) in [5, 5.41) is 0. The lowest BCUT2D eigenvalue weighted by Crippen LogP contribution is -2.64. The summed E-state index contributed by atoms with van der Waals surface area (Å²) in [7, 11) is 0. The monoisotopic (exact) mass is 513 g/mol. The quantitative estimate of drug-likeness (QED) is 0.188. The summed E-state index contributed by atoms with van der Waals surface area (Å²) in [5.74, 6) is 0. The number of rotatable bonds is 14. The average Bonchev–Trinajstić information content (AvgIpc) is 2.92. The third-order valence-electron chi connectivity index (χ3n) is 7.73. The van der Waals surface area contributed by atoms with E-state index in [0.717, 1.165) is 24.8 Å². The minimum Gasteiger partial charge on any atom is -0.370 e. The van der Waals surface area contributed by atoms with Crippen molar-refractivity contribution in [2.45, 2.75) is 108 Å². The van der Waals surface area contributed by atoms with Gasteiger partial charge in [-0.2, -0.15) is 0 Å². The zero-order valence-electron chi connectivity index (χ0n) is 22.0. The molecule has 198 valence electrons. The molecule has 4 atom stereocenters. The van der Waals surface area contributed by atoms with Gasteiger partial charge in [-0.25, -0.2) is 4.42 Å². The largest absolute Gasteiger partial charge is 0.370 e. The van der Waals surface area contributed by atoms with Gasteiger partial charge in [0.05, 0.1) is 12.6 Å². The highest BCUT2D eigenvalue weighted by Crippen LogP contribution is 2.43. The smallest absolute Gasteiger partial charge is 0.184 e. The van der Waals surface area contributed by atoms with Crippen LogP contribution in [0.15, 0.2) is 60.7 Å². The lowest BCUT2D eigenvalue weighted by Gasteiger charge is -2.53. The minimum atomic E-state index is -0.445. The second-order valence-corrected chi connectivity index (χ2v) is 10.9. The summed E-state index contributed by atoms with van der Waals surface area (Å²) in [4.78, 5) is 0. The van der Waals surface area contributed by atoms with E-state index in [9.17, 15) is 0 Å². The Morgan fingerprint density at radius 1 is 0.861 bits per heavy atom. The summed E-state index contributed by atoms with van der Waals surface area (Å²) in [6.45, 7) is 4.18. The molecule has 4 nitrogen and oxygen atoms in total. The highest BCUT2D eigenvalue weighted by molar-refractivity contribution is 6.13. The van der Waals surface area contributed by atoms with Crippen LogP contribution in [0, 0.1) is 0 Å². The molecule has 0 spiro atoms. The number of hydrogen-bond donors (Lipinski definition) is 0. The molecular formula is C31H44ClNO3. The summed E-state index contributed by atoms with van der Waals surface area (Å²) < 4.78 is 21.5. The number of nitrogens with zero attached hydrogens (tertiary/aromatic N) is 1. The number of halogens is 1. The van der Waals surface area contributed by atoms with Crippen LogP contribution in [0.5, 0.6) is 0 Å². The summed E-state index contributed by atoms with van der Waals surface area (Å²) in [6.07, 6.45) is 13.0. The van der Waals surface area contributed by atoms with Crippen LogP contribution in [-0.4, -0.2) is 35.4 Å². The van der Waals surface area contributed by atoms with Crippen LogP contribution in [-0.2, 0) is 20.8 Å². The number of ether oxygens (including phenoxy) is 3. The molecule has 0 N–H and O–H groups in total. The third kappa shape index (κ3) is 7.55. The molecule has 0 aliphatic carbocycles. The van der Waals surface area contributed by atoms with Gasteiger partial charge < -0.3 is 14.2 Å². The molecule has 2 heterocycles. The second kappa shape index (κ2) is 14.5. The Morgan fingerprint density at radius 2 is 1.50 bits per heavy atom. The van der Waals surface area contributed by atoms with Crippen LogP contribution < -0.4 is 0 Å². The van der Waals surface area contributed by atoms with Crippen LogP contribution in [0.25, 0.3) is 0 Å². The Balaban J connectivity index is 1.39. The molecule has 0 bridgehead atoms. The SMILES string of the molecule is CCCCCCCCCCCC12COC(c3ccccc3)OC1C(N(Cl)Cc1ccccc1)CCO2. The predicted octanol–water partition coefficient (Wildman–Crippen LogP) is 8.21. The Bertz CT molecular complexity index is 867. The van der Waals surface area contributed by atoms with Gasteiger partial charge in [0.2, 0.25) is 0 Å². The molecule has 0 aromatic heterocycles. The van der Waals surface area contributed by atoms with Gasteiger partial charge in [0.25, 0.3) is 0 Å². The summed E-state index contributed by atoms with van der Waals surface area (Å²) in [6, 6.07) is 20.7. The van der Waals surface area contributed by atoms with Gasteiger partial charge in [-0.15, -0.1) is 0 Å². The number of fused-ring (bicyclic) bond motifs is 1. The third-order valence-corrected chi connectivity index (χ3v) is 8.10. The van der Waals surface area contributed by atoms with Gasteiger partial charge in [-0.05, 0) is 30.2 Å². The molecule has 0 radical (unpaired) electrons. The normalized spacial score (nSPS) is 26.1. The minimum absolute atomic E-state index is 0.0642. The van der Waals surface area contributed by atoms with E-state index in [4.69, 9.17) is 26.0 Å². The van der Waals surface area contributed by atoms with Crippen molar-refractivity contribution in [3.8, 4) is 0 Å². The maximum Gasteiger partial charge on any atom is 0.184 e. The van der Waals surface area contributed by atoms with E-state index in [1.165, 1.54) is 56.9 Å². The van der Waals surface area contributed by atoms with E-state index in [1.54, 1.807) is 0 Å².